The topological polar surface area (TPSA) is 296 Å². The Bertz CT molecular complexity index is 1170. The summed E-state index contributed by atoms with van der Waals surface area (Å²) >= 11 is 0. The summed E-state index contributed by atoms with van der Waals surface area (Å²) in [7, 11) is -15.8. The summed E-state index contributed by atoms with van der Waals surface area (Å²) in [6, 6.07) is 0. The minimum absolute atomic E-state index is 0.225. The van der Waals surface area contributed by atoms with Gasteiger partial charge in [-0.3, -0.25) is 23.7 Å². The first-order valence-corrected chi connectivity index (χ1v) is 13.2. The number of aromatic nitrogens is 2. The number of methoxy groups -OCH3 is 1. The molecule has 1 fully saturated rings. The van der Waals surface area contributed by atoms with Crippen LogP contribution < -0.4 is 17.0 Å². The van der Waals surface area contributed by atoms with Gasteiger partial charge in [0.25, 0.3) is 5.56 Å². The second-order valence-electron chi connectivity index (χ2n) is 6.61. The molecule has 22 heteroatoms. The van der Waals surface area contributed by atoms with Crippen molar-refractivity contribution in [1.82, 2.24) is 9.55 Å². The number of aliphatic hydroxyl groups is 1. The lowest BCUT2D eigenvalue weighted by molar-refractivity contribution is -0.117. The van der Waals surface area contributed by atoms with Crippen LogP contribution in [0.5, 0.6) is 0 Å². The number of H-pyrrole nitrogens is 1. The Morgan fingerprint density at radius 3 is 2.32 bits per heavy atom. The average molecular weight is 555 g/mol. The molecule has 0 bridgehead atoms. The molecule has 0 radical (unpaired) electrons. The van der Waals surface area contributed by atoms with Crippen molar-refractivity contribution in [1.29, 1.82) is 0 Å². The Kier molecular flexibility index (Phi) is 8.93. The number of phosphoric ester groups is 1. The van der Waals surface area contributed by atoms with Gasteiger partial charge in [0.1, 0.15) is 18.3 Å². The number of carbonyl (C=O) groups is 1. The fourth-order valence-corrected chi connectivity index (χ4v) is 5.87. The molecule has 6 atom stereocenters. The molecule has 0 saturated carbocycles. The van der Waals surface area contributed by atoms with E-state index in [-0.39, 0.29) is 5.56 Å². The molecule has 34 heavy (non-hydrogen) atoms. The van der Waals surface area contributed by atoms with E-state index in [1.807, 2.05) is 4.98 Å². The fourth-order valence-electron chi connectivity index (χ4n) is 2.84. The van der Waals surface area contributed by atoms with Crippen molar-refractivity contribution in [3.8, 4) is 0 Å². The molecule has 1 aromatic heterocycles. The average Bonchev–Trinajstić information content (AvgIpc) is 2.94. The zero-order chi connectivity index (χ0) is 26.1. The maximum absolute atomic E-state index is 12.2. The summed E-state index contributed by atoms with van der Waals surface area (Å²) in [5, 5.41) is 10.4. The van der Waals surface area contributed by atoms with E-state index in [0.29, 0.717) is 0 Å². The normalized spacial score (nSPS) is 26.6. The van der Waals surface area contributed by atoms with Gasteiger partial charge in [0.05, 0.1) is 13.0 Å². The number of nitrogens with zero attached hydrogens (tertiary/aromatic N) is 1. The molecular formula is C12H20N3O16P3. The molecule has 2 unspecified atom stereocenters. The minimum Gasteiger partial charge on any atom is -0.387 e. The van der Waals surface area contributed by atoms with Gasteiger partial charge in [-0.15, -0.1) is 0 Å². The van der Waals surface area contributed by atoms with Crippen LogP contribution in [-0.4, -0.2) is 72.2 Å². The molecule has 1 amide bonds. The van der Waals surface area contributed by atoms with Crippen LogP contribution in [-0.2, 0) is 47.5 Å². The Balaban J connectivity index is 2.20. The maximum atomic E-state index is 12.2. The largest absolute Gasteiger partial charge is 0.490 e. The molecule has 1 aromatic rings. The first kappa shape index (κ1) is 28.7. The van der Waals surface area contributed by atoms with E-state index < -0.39 is 78.2 Å². The van der Waals surface area contributed by atoms with Crippen LogP contribution in [0.1, 0.15) is 11.8 Å². The number of nitrogens with one attached hydrogen (secondary N) is 1. The molecule has 194 valence electrons. The summed E-state index contributed by atoms with van der Waals surface area (Å²) in [6.45, 7) is -1.03. The highest BCUT2D eigenvalue weighted by molar-refractivity contribution is 7.66. The first-order valence-electron chi connectivity index (χ1n) is 8.72. The van der Waals surface area contributed by atoms with Crippen LogP contribution >= 0.6 is 23.5 Å². The summed E-state index contributed by atoms with van der Waals surface area (Å²) < 4.78 is 56.6. The zero-order valence-corrected chi connectivity index (χ0v) is 19.6. The van der Waals surface area contributed by atoms with E-state index >= 15 is 0 Å². The Morgan fingerprint density at radius 1 is 1.18 bits per heavy atom. The van der Waals surface area contributed by atoms with E-state index in [1.54, 1.807) is 0 Å². The monoisotopic (exact) mass is 555 g/mol. The maximum Gasteiger partial charge on any atom is 0.490 e. The quantitative estimate of drug-likeness (QED) is 0.135. The number of hydrogen-bond donors (Lipinski definition) is 7. The summed E-state index contributed by atoms with van der Waals surface area (Å²) in [6.07, 6.45) is -5.61. The number of carbonyl (C=O) groups excluding carboxylic acids is 1. The molecule has 19 nitrogen and oxygen atoms in total. The van der Waals surface area contributed by atoms with Crippen molar-refractivity contribution in [3.05, 3.63) is 32.6 Å². The van der Waals surface area contributed by atoms with Crippen molar-refractivity contribution in [2.24, 2.45) is 5.73 Å². The zero-order valence-electron chi connectivity index (χ0n) is 16.9. The van der Waals surface area contributed by atoms with Gasteiger partial charge >= 0.3 is 29.2 Å². The Morgan fingerprint density at radius 2 is 1.79 bits per heavy atom. The lowest BCUT2D eigenvalue weighted by Gasteiger charge is -2.20. The molecule has 0 aliphatic carbocycles. The van der Waals surface area contributed by atoms with Crippen molar-refractivity contribution < 1.29 is 65.8 Å². The van der Waals surface area contributed by atoms with Crippen molar-refractivity contribution >= 4 is 29.4 Å². The number of primary amides is 1. The predicted molar refractivity (Wildman–Crippen MR) is 105 cm³/mol. The molecular weight excluding hydrogens is 535 g/mol. The van der Waals surface area contributed by atoms with E-state index in [4.69, 9.17) is 29.9 Å². The van der Waals surface area contributed by atoms with Crippen LogP contribution in [0.2, 0.25) is 0 Å². The Hall–Kier alpha value is -1.56. The lowest BCUT2D eigenvalue weighted by atomic mass is 10.1. The molecule has 0 aromatic carbocycles. The molecule has 2 heterocycles. The summed E-state index contributed by atoms with van der Waals surface area (Å²) in [5.74, 6) is -0.889. The van der Waals surface area contributed by atoms with Gasteiger partial charge in [0.2, 0.25) is 5.91 Å². The van der Waals surface area contributed by atoms with Gasteiger partial charge in [-0.05, 0) is 0 Å². The SMILES string of the molecule is CO[C@@H]1[C@H](O)[C@@H](COP(=O)(O)OP(=O)(O)OP(=O)(O)O)O[C@H]1n1cc(CC(N)=O)c(=O)[nH]c1=O. The van der Waals surface area contributed by atoms with E-state index in [2.05, 4.69) is 13.1 Å². The van der Waals surface area contributed by atoms with Gasteiger partial charge in [-0.25, -0.2) is 18.5 Å². The molecule has 0 spiro atoms. The third kappa shape index (κ3) is 7.73. The fraction of sp³-hybridized carbons (Fsp3) is 0.583. The van der Waals surface area contributed by atoms with Crippen molar-refractivity contribution in [2.75, 3.05) is 13.7 Å². The van der Waals surface area contributed by atoms with Crippen molar-refractivity contribution in [2.45, 2.75) is 31.0 Å². The van der Waals surface area contributed by atoms with E-state index in [0.717, 1.165) is 17.9 Å². The van der Waals surface area contributed by atoms with Gasteiger partial charge in [0.15, 0.2) is 6.23 Å². The second kappa shape index (κ2) is 10.6. The van der Waals surface area contributed by atoms with Gasteiger partial charge in [-0.2, -0.15) is 8.62 Å². The molecule has 1 saturated heterocycles. The second-order valence-corrected chi connectivity index (χ2v) is 11.0. The molecule has 8 N–H and O–H groups in total. The summed E-state index contributed by atoms with van der Waals surface area (Å²) in [4.78, 5) is 72.8. The van der Waals surface area contributed by atoms with Crippen LogP contribution in [0, 0.1) is 0 Å². The highest BCUT2D eigenvalue weighted by atomic mass is 31.3. The number of nitrogens with two attached hydrogens (primary N) is 1. The highest BCUT2D eigenvalue weighted by Gasteiger charge is 2.47. The Labute approximate surface area is 188 Å². The van der Waals surface area contributed by atoms with Gasteiger partial charge in [0, 0.05) is 18.9 Å². The predicted octanol–water partition coefficient (Wildman–Crippen LogP) is -2.82. The van der Waals surface area contributed by atoms with Crippen LogP contribution in [0.3, 0.4) is 0 Å². The van der Waals surface area contributed by atoms with Gasteiger partial charge < -0.3 is 39.9 Å². The van der Waals surface area contributed by atoms with Gasteiger partial charge in [-0.1, -0.05) is 0 Å². The number of amides is 1. The lowest BCUT2D eigenvalue weighted by Crippen LogP contribution is -2.40. The molecule has 1 aliphatic rings. The minimum atomic E-state index is -5.76. The third-order valence-corrected chi connectivity index (χ3v) is 7.89. The van der Waals surface area contributed by atoms with Crippen LogP contribution in [0.15, 0.2) is 15.8 Å². The number of phosphoric acid groups is 3. The number of aliphatic hydroxyl groups excluding tert-OH is 1. The highest BCUT2D eigenvalue weighted by Crippen LogP contribution is 2.66. The van der Waals surface area contributed by atoms with Crippen molar-refractivity contribution in [3.63, 3.8) is 0 Å². The third-order valence-electron chi connectivity index (χ3n) is 4.08. The number of ether oxygens (including phenoxy) is 2. The molecule has 1 aliphatic heterocycles. The van der Waals surface area contributed by atoms with Crippen LogP contribution in [0.4, 0.5) is 0 Å². The smallest absolute Gasteiger partial charge is 0.387 e. The van der Waals surface area contributed by atoms with E-state index in [9.17, 15) is 38.1 Å². The summed E-state index contributed by atoms with van der Waals surface area (Å²) in [5.41, 5.74) is 2.88. The number of hydrogen-bond acceptors (Lipinski definition) is 12. The first-order chi connectivity index (χ1) is 15.4. The van der Waals surface area contributed by atoms with E-state index in [1.165, 1.54) is 0 Å². The molecule has 2 rings (SSSR count). The number of rotatable bonds is 11. The number of aromatic amines is 1. The standard InChI is InChI=1S/C12H20N3O16P3/c1-27-9-8(17)6(4-28-33(23,24)31-34(25,26)30-32(20,21)22)29-11(9)15-3-5(2-7(13)16)10(18)14-12(15)19/h3,6,8-9,11,17H,2,4H2,1H3,(H2,13,16)(H,23,24)(H,25,26)(H,14,18,19)(H2,20,21,22)/t6-,8-,9-,11-/m1/s1. The van der Waals surface area contributed by atoms with Crippen LogP contribution in [0.25, 0.3) is 0 Å².